The van der Waals surface area contributed by atoms with E-state index in [-0.39, 0.29) is 28.4 Å². The van der Waals surface area contributed by atoms with Crippen LogP contribution in [0.25, 0.3) is 0 Å². The highest BCUT2D eigenvalue weighted by molar-refractivity contribution is 7.91. The van der Waals surface area contributed by atoms with E-state index in [1.165, 1.54) is 4.90 Å². The maximum atomic E-state index is 12.4. The number of carbonyl (C=O) groups is 1. The molecule has 1 fully saturated rings. The molecule has 1 aliphatic rings. The third-order valence-electron chi connectivity index (χ3n) is 3.80. The average Bonchev–Trinajstić information content (AvgIpc) is 2.66. The summed E-state index contributed by atoms with van der Waals surface area (Å²) in [5, 5.41) is 0. The molecule has 0 spiro atoms. The Bertz CT molecular complexity index is 461. The van der Waals surface area contributed by atoms with Gasteiger partial charge in [-0.05, 0) is 19.8 Å². The van der Waals surface area contributed by atoms with Crippen LogP contribution in [0.15, 0.2) is 0 Å². The van der Waals surface area contributed by atoms with Gasteiger partial charge in [-0.1, -0.05) is 19.1 Å². The van der Waals surface area contributed by atoms with Crippen molar-refractivity contribution in [1.29, 1.82) is 0 Å². The summed E-state index contributed by atoms with van der Waals surface area (Å²) in [6.07, 6.45) is 0.993. The van der Waals surface area contributed by atoms with Crippen LogP contribution in [0.5, 0.6) is 0 Å². The maximum Gasteiger partial charge on any atom is 0.235 e. The largest absolute Gasteiger partial charge is 0.392 e. The second-order valence-corrected chi connectivity index (χ2v) is 7.69. The molecule has 1 rings (SSSR count). The van der Waals surface area contributed by atoms with Crippen molar-refractivity contribution < 1.29 is 13.2 Å². The molecule has 104 valence electrons. The van der Waals surface area contributed by atoms with E-state index in [9.17, 15) is 13.2 Å². The van der Waals surface area contributed by atoms with Crippen LogP contribution in [0.3, 0.4) is 0 Å². The van der Waals surface area contributed by atoms with Crippen LogP contribution in [0.1, 0.15) is 26.7 Å². The predicted molar refractivity (Wildman–Crippen MR) is 75.0 cm³/mol. The normalized spacial score (nSPS) is 25.4. The Hall–Kier alpha value is -0.690. The number of hydrogen-bond donors (Lipinski definition) is 1. The zero-order valence-corrected chi connectivity index (χ0v) is 12.6. The first kappa shape index (κ1) is 15.4. The zero-order valence-electron chi connectivity index (χ0n) is 11.0. The molecular weight excluding hydrogens is 272 g/mol. The highest BCUT2D eigenvalue weighted by atomic mass is 32.2. The van der Waals surface area contributed by atoms with E-state index in [1.54, 1.807) is 14.0 Å². The van der Waals surface area contributed by atoms with E-state index in [0.29, 0.717) is 12.8 Å². The first-order chi connectivity index (χ1) is 8.14. The highest BCUT2D eigenvalue weighted by Crippen LogP contribution is 2.27. The predicted octanol–water partition coefficient (Wildman–Crippen LogP) is 0.334. The van der Waals surface area contributed by atoms with Gasteiger partial charge in [0, 0.05) is 13.1 Å². The Morgan fingerprint density at radius 1 is 1.56 bits per heavy atom. The van der Waals surface area contributed by atoms with Crippen molar-refractivity contribution in [1.82, 2.24) is 4.90 Å². The number of hydrogen-bond acceptors (Lipinski definition) is 4. The van der Waals surface area contributed by atoms with Crippen LogP contribution in [0, 0.1) is 5.41 Å². The van der Waals surface area contributed by atoms with Crippen molar-refractivity contribution in [2.45, 2.75) is 32.7 Å². The first-order valence-corrected chi connectivity index (χ1v) is 8.14. The van der Waals surface area contributed by atoms with Gasteiger partial charge < -0.3 is 10.6 Å². The summed E-state index contributed by atoms with van der Waals surface area (Å²) in [5.74, 6) is -0.0167. The van der Waals surface area contributed by atoms with E-state index in [1.807, 2.05) is 6.92 Å². The molecule has 18 heavy (non-hydrogen) atoms. The summed E-state index contributed by atoms with van der Waals surface area (Å²) in [5.41, 5.74) is 4.75. The van der Waals surface area contributed by atoms with Crippen molar-refractivity contribution in [3.05, 3.63) is 0 Å². The van der Waals surface area contributed by atoms with Gasteiger partial charge in [-0.3, -0.25) is 4.79 Å². The van der Waals surface area contributed by atoms with Crippen molar-refractivity contribution in [2.24, 2.45) is 11.1 Å². The lowest BCUT2D eigenvalue weighted by atomic mass is 9.85. The number of nitrogens with two attached hydrogens (primary N) is 1. The summed E-state index contributed by atoms with van der Waals surface area (Å²) < 4.78 is 22.9. The zero-order chi connectivity index (χ0) is 14.1. The molecule has 0 aromatic heterocycles. The molecule has 0 bridgehead atoms. The van der Waals surface area contributed by atoms with E-state index < -0.39 is 15.3 Å². The highest BCUT2D eigenvalue weighted by Gasteiger charge is 2.41. The SMILES string of the molecule is CCC(C)(C(=O)N(C)C1CCS(=O)(=O)C1)C(N)=S. The number of carbonyl (C=O) groups excluding carboxylic acids is 1. The van der Waals surface area contributed by atoms with Crippen molar-refractivity contribution in [2.75, 3.05) is 18.6 Å². The molecule has 1 heterocycles. The number of rotatable bonds is 4. The fraction of sp³-hybridized carbons (Fsp3) is 0.818. The molecule has 2 atom stereocenters. The summed E-state index contributed by atoms with van der Waals surface area (Å²) >= 11 is 4.96. The lowest BCUT2D eigenvalue weighted by Crippen LogP contribution is -2.50. The van der Waals surface area contributed by atoms with Crippen molar-refractivity contribution >= 4 is 33.0 Å². The Kier molecular flexibility index (Phi) is 4.38. The molecule has 1 saturated heterocycles. The number of sulfone groups is 1. The molecule has 1 amide bonds. The quantitative estimate of drug-likeness (QED) is 0.756. The summed E-state index contributed by atoms with van der Waals surface area (Å²) in [7, 11) is -1.38. The van der Waals surface area contributed by atoms with Gasteiger partial charge in [0.2, 0.25) is 5.91 Å². The van der Waals surface area contributed by atoms with Gasteiger partial charge in [0.25, 0.3) is 0 Å². The van der Waals surface area contributed by atoms with E-state index in [2.05, 4.69) is 0 Å². The summed E-state index contributed by atoms with van der Waals surface area (Å²) in [6.45, 7) is 3.55. The molecule has 2 N–H and O–H groups in total. The van der Waals surface area contributed by atoms with Gasteiger partial charge >= 0.3 is 0 Å². The van der Waals surface area contributed by atoms with Crippen molar-refractivity contribution in [3.8, 4) is 0 Å². The van der Waals surface area contributed by atoms with Crippen LogP contribution >= 0.6 is 12.2 Å². The Labute approximate surface area is 114 Å². The Morgan fingerprint density at radius 3 is 2.44 bits per heavy atom. The van der Waals surface area contributed by atoms with Gasteiger partial charge in [0.1, 0.15) is 0 Å². The standard InChI is InChI=1S/C11H20N2O3S2/c1-4-11(2,9(12)17)10(14)13(3)8-5-6-18(15,16)7-8/h8H,4-7H2,1-3H3,(H2,12,17). The van der Waals surface area contributed by atoms with Crippen LogP contribution in [-0.2, 0) is 14.6 Å². The molecule has 0 radical (unpaired) electrons. The summed E-state index contributed by atoms with van der Waals surface area (Å²) in [6, 6.07) is -0.261. The second-order valence-electron chi connectivity index (χ2n) is 5.02. The van der Waals surface area contributed by atoms with Gasteiger partial charge in [0.05, 0.1) is 21.9 Å². The van der Waals surface area contributed by atoms with Crippen molar-refractivity contribution in [3.63, 3.8) is 0 Å². The van der Waals surface area contributed by atoms with Crippen LogP contribution in [0.2, 0.25) is 0 Å². The molecule has 2 unspecified atom stereocenters. The molecule has 7 heteroatoms. The molecule has 0 aromatic rings. The average molecular weight is 292 g/mol. The molecule has 5 nitrogen and oxygen atoms in total. The third kappa shape index (κ3) is 2.83. The minimum Gasteiger partial charge on any atom is -0.392 e. The van der Waals surface area contributed by atoms with Crippen LogP contribution in [-0.4, -0.2) is 48.8 Å². The van der Waals surface area contributed by atoms with E-state index in [0.717, 1.165) is 0 Å². The number of thiocarbonyl (C=S) groups is 1. The Balaban J connectivity index is 2.88. The van der Waals surface area contributed by atoms with Gasteiger partial charge in [-0.25, -0.2) is 8.42 Å². The molecule has 0 aromatic carbocycles. The monoisotopic (exact) mass is 292 g/mol. The summed E-state index contributed by atoms with van der Waals surface area (Å²) in [4.78, 5) is 14.0. The third-order valence-corrected chi connectivity index (χ3v) is 6.00. The molecule has 0 saturated carbocycles. The smallest absolute Gasteiger partial charge is 0.235 e. The minimum atomic E-state index is -3.00. The lowest BCUT2D eigenvalue weighted by molar-refractivity contribution is -0.138. The molecule has 0 aliphatic carbocycles. The topological polar surface area (TPSA) is 80.5 Å². The number of nitrogens with zero attached hydrogens (tertiary/aromatic N) is 1. The molecule has 1 aliphatic heterocycles. The van der Waals surface area contributed by atoms with Gasteiger partial charge in [-0.15, -0.1) is 0 Å². The van der Waals surface area contributed by atoms with E-state index in [4.69, 9.17) is 18.0 Å². The lowest BCUT2D eigenvalue weighted by Gasteiger charge is -2.33. The van der Waals surface area contributed by atoms with Crippen LogP contribution in [0.4, 0.5) is 0 Å². The fourth-order valence-electron chi connectivity index (χ4n) is 2.07. The van der Waals surface area contributed by atoms with Gasteiger partial charge in [-0.2, -0.15) is 0 Å². The fourth-order valence-corrected chi connectivity index (χ4v) is 4.07. The minimum absolute atomic E-state index is 0.0341. The maximum absolute atomic E-state index is 12.4. The molecular formula is C11H20N2O3S2. The number of amides is 1. The second kappa shape index (κ2) is 5.13. The first-order valence-electron chi connectivity index (χ1n) is 5.91. The van der Waals surface area contributed by atoms with Gasteiger partial charge in [0.15, 0.2) is 9.84 Å². The Morgan fingerprint density at radius 2 is 2.11 bits per heavy atom. The van der Waals surface area contributed by atoms with E-state index >= 15 is 0 Å². The van der Waals surface area contributed by atoms with Crippen LogP contribution < -0.4 is 5.73 Å².